The Morgan fingerprint density at radius 1 is 1.56 bits per heavy atom. The molecule has 0 aliphatic rings. The maximum absolute atomic E-state index is 10.3. The summed E-state index contributed by atoms with van der Waals surface area (Å²) in [6, 6.07) is 6.03. The van der Waals surface area contributed by atoms with Crippen molar-refractivity contribution in [3.63, 3.8) is 0 Å². The van der Waals surface area contributed by atoms with Gasteiger partial charge in [0.15, 0.2) is 0 Å². The van der Waals surface area contributed by atoms with E-state index >= 15 is 0 Å². The molecule has 1 heterocycles. The molecule has 84 valence electrons. The van der Waals surface area contributed by atoms with Gasteiger partial charge in [0.1, 0.15) is 11.6 Å². The van der Waals surface area contributed by atoms with Gasteiger partial charge in [0.25, 0.3) is 0 Å². The van der Waals surface area contributed by atoms with E-state index < -0.39 is 5.97 Å². The van der Waals surface area contributed by atoms with Crippen LogP contribution in [0.1, 0.15) is 10.6 Å². The van der Waals surface area contributed by atoms with Crippen molar-refractivity contribution in [3.8, 4) is 0 Å². The molecule has 2 rings (SSSR count). The molecule has 4 nitrogen and oxygen atoms in total. The van der Waals surface area contributed by atoms with E-state index in [1.54, 1.807) is 0 Å². The highest BCUT2D eigenvalue weighted by atomic mass is 32.1. The summed E-state index contributed by atoms with van der Waals surface area (Å²) in [5.41, 5.74) is 2.12. The standard InChI is InChI=1S/C11H11NO3S/c1-7-2-3-8-9(4-7)16-10(12-8)5-15-6-11(13)14/h2-4H,5-6H2,1H3,(H,13,14). The molecule has 0 atom stereocenters. The van der Waals surface area contributed by atoms with Gasteiger partial charge in [0.05, 0.1) is 16.8 Å². The predicted molar refractivity (Wildman–Crippen MR) is 61.6 cm³/mol. The maximum atomic E-state index is 10.3. The molecule has 2 aromatic rings. The fourth-order valence-corrected chi connectivity index (χ4v) is 2.37. The quantitative estimate of drug-likeness (QED) is 0.885. The molecule has 0 fully saturated rings. The van der Waals surface area contributed by atoms with Gasteiger partial charge >= 0.3 is 5.97 Å². The number of aromatic nitrogens is 1. The second-order valence-corrected chi connectivity index (χ2v) is 4.58. The second-order valence-electron chi connectivity index (χ2n) is 3.47. The number of benzene rings is 1. The van der Waals surface area contributed by atoms with E-state index in [9.17, 15) is 4.79 Å². The topological polar surface area (TPSA) is 59.4 Å². The van der Waals surface area contributed by atoms with Crippen LogP contribution in [0.4, 0.5) is 0 Å². The zero-order valence-corrected chi connectivity index (χ0v) is 9.58. The van der Waals surface area contributed by atoms with E-state index in [1.807, 2.05) is 19.1 Å². The number of aryl methyl sites for hydroxylation is 1. The fourth-order valence-electron chi connectivity index (χ4n) is 1.37. The number of carboxylic acids is 1. The largest absolute Gasteiger partial charge is 0.480 e. The minimum absolute atomic E-state index is 0.255. The van der Waals surface area contributed by atoms with Crippen LogP contribution in [0, 0.1) is 6.92 Å². The molecule has 0 radical (unpaired) electrons. The molecule has 0 bridgehead atoms. The Morgan fingerprint density at radius 2 is 2.38 bits per heavy atom. The molecule has 0 amide bonds. The lowest BCUT2D eigenvalue weighted by Gasteiger charge is -1.95. The third kappa shape index (κ3) is 2.56. The Hall–Kier alpha value is -1.46. The number of hydrogen-bond donors (Lipinski definition) is 1. The van der Waals surface area contributed by atoms with Gasteiger partial charge in [0, 0.05) is 0 Å². The van der Waals surface area contributed by atoms with Crippen molar-refractivity contribution in [1.82, 2.24) is 4.98 Å². The van der Waals surface area contributed by atoms with Crippen molar-refractivity contribution in [2.24, 2.45) is 0 Å². The SMILES string of the molecule is Cc1ccc2nc(COCC(=O)O)sc2c1. The fraction of sp³-hybridized carbons (Fsp3) is 0.273. The van der Waals surface area contributed by atoms with Crippen LogP contribution in [-0.4, -0.2) is 22.7 Å². The molecule has 0 aliphatic heterocycles. The summed E-state index contributed by atoms with van der Waals surface area (Å²) in [4.78, 5) is 14.6. The normalized spacial score (nSPS) is 10.8. The van der Waals surface area contributed by atoms with E-state index in [2.05, 4.69) is 11.1 Å². The van der Waals surface area contributed by atoms with Crippen molar-refractivity contribution >= 4 is 27.5 Å². The van der Waals surface area contributed by atoms with Crippen molar-refractivity contribution in [2.75, 3.05) is 6.61 Å². The summed E-state index contributed by atoms with van der Waals surface area (Å²) in [6.07, 6.45) is 0. The molecule has 1 aromatic heterocycles. The van der Waals surface area contributed by atoms with Crippen molar-refractivity contribution in [1.29, 1.82) is 0 Å². The van der Waals surface area contributed by atoms with Crippen LogP contribution in [0.15, 0.2) is 18.2 Å². The van der Waals surface area contributed by atoms with Gasteiger partial charge < -0.3 is 9.84 Å². The zero-order chi connectivity index (χ0) is 11.5. The average Bonchev–Trinajstić information content (AvgIpc) is 2.58. The van der Waals surface area contributed by atoms with Crippen LogP contribution < -0.4 is 0 Å². The number of hydrogen-bond acceptors (Lipinski definition) is 4. The number of carbonyl (C=O) groups is 1. The lowest BCUT2D eigenvalue weighted by atomic mass is 10.2. The van der Waals surface area contributed by atoms with E-state index in [1.165, 1.54) is 16.9 Å². The number of rotatable bonds is 4. The van der Waals surface area contributed by atoms with Crippen LogP contribution in [0.2, 0.25) is 0 Å². The van der Waals surface area contributed by atoms with E-state index in [0.29, 0.717) is 0 Å². The summed E-state index contributed by atoms with van der Waals surface area (Å²) in [6.45, 7) is 2.00. The molecule has 0 unspecified atom stereocenters. The highest BCUT2D eigenvalue weighted by Gasteiger charge is 2.05. The van der Waals surface area contributed by atoms with Crippen LogP contribution >= 0.6 is 11.3 Å². The van der Waals surface area contributed by atoms with Crippen LogP contribution in [-0.2, 0) is 16.1 Å². The molecule has 0 aliphatic carbocycles. The second kappa shape index (κ2) is 4.59. The smallest absolute Gasteiger partial charge is 0.329 e. The zero-order valence-electron chi connectivity index (χ0n) is 8.77. The summed E-state index contributed by atoms with van der Waals surface area (Å²) in [5, 5.41) is 9.23. The summed E-state index contributed by atoms with van der Waals surface area (Å²) >= 11 is 1.53. The Bertz CT molecular complexity index is 521. The first kappa shape index (κ1) is 11.0. The van der Waals surface area contributed by atoms with Gasteiger partial charge in [-0.1, -0.05) is 6.07 Å². The number of aliphatic carboxylic acids is 1. The summed E-state index contributed by atoms with van der Waals surface area (Å²) < 4.78 is 6.09. The molecular weight excluding hydrogens is 226 g/mol. The van der Waals surface area contributed by atoms with Gasteiger partial charge in [0.2, 0.25) is 0 Å². The van der Waals surface area contributed by atoms with Gasteiger partial charge in [-0.25, -0.2) is 9.78 Å². The molecule has 5 heteroatoms. The summed E-state index contributed by atoms with van der Waals surface area (Å²) in [5.74, 6) is -0.961. The van der Waals surface area contributed by atoms with E-state index in [0.717, 1.165) is 15.2 Å². The number of thiazole rings is 1. The van der Waals surface area contributed by atoms with Gasteiger partial charge in [-0.15, -0.1) is 11.3 Å². The number of ether oxygens (including phenoxy) is 1. The number of fused-ring (bicyclic) bond motifs is 1. The maximum Gasteiger partial charge on any atom is 0.329 e. The van der Waals surface area contributed by atoms with Crippen LogP contribution in [0.3, 0.4) is 0 Å². The Morgan fingerprint density at radius 3 is 3.12 bits per heavy atom. The third-order valence-electron chi connectivity index (χ3n) is 2.04. The third-order valence-corrected chi connectivity index (χ3v) is 3.03. The first-order valence-electron chi connectivity index (χ1n) is 4.81. The first-order valence-corrected chi connectivity index (χ1v) is 5.62. The van der Waals surface area contributed by atoms with Crippen molar-refractivity contribution in [3.05, 3.63) is 28.8 Å². The van der Waals surface area contributed by atoms with E-state index in [-0.39, 0.29) is 13.2 Å². The molecular formula is C11H11NO3S. The number of nitrogens with zero attached hydrogens (tertiary/aromatic N) is 1. The van der Waals surface area contributed by atoms with Crippen LogP contribution in [0.25, 0.3) is 10.2 Å². The average molecular weight is 237 g/mol. The Balaban J connectivity index is 2.10. The molecule has 0 saturated carbocycles. The molecule has 0 spiro atoms. The molecule has 16 heavy (non-hydrogen) atoms. The van der Waals surface area contributed by atoms with Gasteiger partial charge in [-0.2, -0.15) is 0 Å². The minimum Gasteiger partial charge on any atom is -0.480 e. The highest BCUT2D eigenvalue weighted by molar-refractivity contribution is 7.18. The Kier molecular flexibility index (Phi) is 3.17. The lowest BCUT2D eigenvalue weighted by Crippen LogP contribution is -2.06. The van der Waals surface area contributed by atoms with Gasteiger partial charge in [-0.05, 0) is 24.6 Å². The number of carboxylic acid groups (broad SMARTS) is 1. The monoisotopic (exact) mass is 237 g/mol. The highest BCUT2D eigenvalue weighted by Crippen LogP contribution is 2.23. The minimum atomic E-state index is -0.961. The van der Waals surface area contributed by atoms with Crippen molar-refractivity contribution in [2.45, 2.75) is 13.5 Å². The lowest BCUT2D eigenvalue weighted by molar-refractivity contribution is -0.142. The summed E-state index contributed by atoms with van der Waals surface area (Å²) in [7, 11) is 0. The molecule has 0 saturated heterocycles. The van der Waals surface area contributed by atoms with E-state index in [4.69, 9.17) is 9.84 Å². The van der Waals surface area contributed by atoms with Crippen LogP contribution in [0.5, 0.6) is 0 Å². The van der Waals surface area contributed by atoms with Gasteiger partial charge in [-0.3, -0.25) is 0 Å². The molecule has 1 aromatic carbocycles. The Labute approximate surface area is 96.5 Å². The predicted octanol–water partition coefficient (Wildman–Crippen LogP) is 2.21. The first-order chi connectivity index (χ1) is 7.65. The van der Waals surface area contributed by atoms with Crippen molar-refractivity contribution < 1.29 is 14.6 Å². The molecule has 1 N–H and O–H groups in total.